The van der Waals surface area contributed by atoms with E-state index in [1.165, 1.54) is 0 Å². The van der Waals surface area contributed by atoms with E-state index in [4.69, 9.17) is 21.5 Å². The summed E-state index contributed by atoms with van der Waals surface area (Å²) >= 11 is 5.93. The fourth-order valence-electron chi connectivity index (χ4n) is 1.14. The van der Waals surface area contributed by atoms with Crippen LogP contribution >= 0.6 is 11.6 Å². The van der Waals surface area contributed by atoms with Crippen LogP contribution in [0.2, 0.25) is 5.02 Å². The summed E-state index contributed by atoms with van der Waals surface area (Å²) < 4.78 is 5.12. The number of benzene rings is 1. The first kappa shape index (κ1) is 10.3. The van der Waals surface area contributed by atoms with E-state index in [1.807, 2.05) is 13.0 Å². The maximum atomic E-state index is 8.53. The van der Waals surface area contributed by atoms with Gasteiger partial charge < -0.3 is 9.94 Å². The molecule has 0 fully saturated rings. The van der Waals surface area contributed by atoms with Crippen molar-refractivity contribution in [3.8, 4) is 5.75 Å². The molecule has 1 rings (SSSR count). The maximum absolute atomic E-state index is 8.53. The van der Waals surface area contributed by atoms with Crippen LogP contribution in [-0.4, -0.2) is 12.3 Å². The minimum absolute atomic E-state index is 0.315. The lowest BCUT2D eigenvalue weighted by Gasteiger charge is -2.09. The SMILES string of the molecule is COc1cc(CNO)c(Cl)cc1C. The van der Waals surface area contributed by atoms with Crippen molar-refractivity contribution < 1.29 is 9.94 Å². The average molecular weight is 202 g/mol. The summed E-state index contributed by atoms with van der Waals surface area (Å²) in [5.41, 5.74) is 3.85. The van der Waals surface area contributed by atoms with Gasteiger partial charge in [0.05, 0.1) is 7.11 Å². The van der Waals surface area contributed by atoms with Gasteiger partial charge in [0.1, 0.15) is 5.75 Å². The summed E-state index contributed by atoms with van der Waals surface area (Å²) in [6.45, 7) is 2.23. The lowest BCUT2D eigenvalue weighted by molar-refractivity contribution is 0.161. The quantitative estimate of drug-likeness (QED) is 0.737. The first-order chi connectivity index (χ1) is 6.19. The molecule has 0 unspecified atom stereocenters. The molecule has 0 atom stereocenters. The molecule has 0 aliphatic carbocycles. The van der Waals surface area contributed by atoms with Crippen LogP contribution in [0.5, 0.6) is 5.75 Å². The summed E-state index contributed by atoms with van der Waals surface area (Å²) in [4.78, 5) is 0. The molecule has 0 aliphatic heterocycles. The van der Waals surface area contributed by atoms with Gasteiger partial charge in [0.15, 0.2) is 0 Å². The lowest BCUT2D eigenvalue weighted by Crippen LogP contribution is -2.07. The Morgan fingerprint density at radius 1 is 1.54 bits per heavy atom. The zero-order valence-corrected chi connectivity index (χ0v) is 8.35. The second-order valence-electron chi connectivity index (χ2n) is 2.75. The third kappa shape index (κ3) is 2.34. The Hall–Kier alpha value is -0.770. The largest absolute Gasteiger partial charge is 0.496 e. The first-order valence-corrected chi connectivity index (χ1v) is 4.26. The molecule has 4 heteroatoms. The van der Waals surface area contributed by atoms with Crippen molar-refractivity contribution in [1.29, 1.82) is 0 Å². The number of hydroxylamine groups is 1. The molecule has 0 spiro atoms. The van der Waals surface area contributed by atoms with Crippen LogP contribution in [-0.2, 0) is 6.54 Å². The molecule has 0 saturated heterocycles. The number of rotatable bonds is 3. The summed E-state index contributed by atoms with van der Waals surface area (Å²) in [7, 11) is 1.60. The summed E-state index contributed by atoms with van der Waals surface area (Å²) in [6, 6.07) is 3.62. The van der Waals surface area contributed by atoms with Crippen molar-refractivity contribution in [3.05, 3.63) is 28.3 Å². The number of nitrogens with one attached hydrogen (secondary N) is 1. The Morgan fingerprint density at radius 2 is 2.23 bits per heavy atom. The molecule has 0 saturated carbocycles. The highest BCUT2D eigenvalue weighted by molar-refractivity contribution is 6.31. The third-order valence-corrected chi connectivity index (χ3v) is 2.19. The van der Waals surface area contributed by atoms with Crippen molar-refractivity contribution in [2.75, 3.05) is 7.11 Å². The van der Waals surface area contributed by atoms with Crippen LogP contribution in [0.25, 0.3) is 0 Å². The van der Waals surface area contributed by atoms with Crippen LogP contribution in [0.15, 0.2) is 12.1 Å². The molecule has 0 aliphatic rings. The minimum Gasteiger partial charge on any atom is -0.496 e. The van der Waals surface area contributed by atoms with E-state index in [1.54, 1.807) is 13.2 Å². The van der Waals surface area contributed by atoms with Gasteiger partial charge in [-0.1, -0.05) is 11.6 Å². The van der Waals surface area contributed by atoms with E-state index in [-0.39, 0.29) is 0 Å². The van der Waals surface area contributed by atoms with Gasteiger partial charge in [-0.25, -0.2) is 5.48 Å². The van der Waals surface area contributed by atoms with Crippen molar-refractivity contribution in [2.24, 2.45) is 0 Å². The third-order valence-electron chi connectivity index (χ3n) is 1.83. The van der Waals surface area contributed by atoms with Gasteiger partial charge in [-0.2, -0.15) is 0 Å². The predicted octanol–water partition coefficient (Wildman–Crippen LogP) is 2.14. The number of aryl methyl sites for hydroxylation is 1. The molecule has 0 aromatic heterocycles. The van der Waals surface area contributed by atoms with Gasteiger partial charge in [0.25, 0.3) is 0 Å². The van der Waals surface area contributed by atoms with Crippen molar-refractivity contribution in [2.45, 2.75) is 13.5 Å². The topological polar surface area (TPSA) is 41.5 Å². The smallest absolute Gasteiger partial charge is 0.122 e. The van der Waals surface area contributed by atoms with Crippen molar-refractivity contribution >= 4 is 11.6 Å². The Balaban J connectivity index is 3.06. The van der Waals surface area contributed by atoms with Gasteiger partial charge >= 0.3 is 0 Å². The molecule has 3 nitrogen and oxygen atoms in total. The van der Waals surface area contributed by atoms with E-state index in [2.05, 4.69) is 5.48 Å². The molecule has 0 amide bonds. The average Bonchev–Trinajstić information content (AvgIpc) is 2.10. The van der Waals surface area contributed by atoms with Crippen molar-refractivity contribution in [3.63, 3.8) is 0 Å². The molecule has 0 radical (unpaired) electrons. The highest BCUT2D eigenvalue weighted by atomic mass is 35.5. The van der Waals surface area contributed by atoms with Crippen LogP contribution in [0.3, 0.4) is 0 Å². The number of halogens is 1. The predicted molar refractivity (Wildman–Crippen MR) is 51.4 cm³/mol. The standard InChI is InChI=1S/C9H12ClNO2/c1-6-3-8(10)7(5-11-12)4-9(6)13-2/h3-4,11-12H,5H2,1-2H3. The Bertz CT molecular complexity index is 302. The van der Waals surface area contributed by atoms with E-state index < -0.39 is 0 Å². The molecule has 0 heterocycles. The molecule has 1 aromatic rings. The number of ether oxygens (including phenoxy) is 1. The van der Waals surface area contributed by atoms with Gasteiger partial charge in [0, 0.05) is 11.6 Å². The molecule has 13 heavy (non-hydrogen) atoms. The molecule has 72 valence electrons. The Morgan fingerprint density at radius 3 is 2.77 bits per heavy atom. The molecule has 2 N–H and O–H groups in total. The summed E-state index contributed by atoms with van der Waals surface area (Å²) in [6.07, 6.45) is 0. The number of hydrogen-bond donors (Lipinski definition) is 2. The Kier molecular flexibility index (Phi) is 3.54. The highest BCUT2D eigenvalue weighted by Crippen LogP contribution is 2.26. The second-order valence-corrected chi connectivity index (χ2v) is 3.16. The highest BCUT2D eigenvalue weighted by Gasteiger charge is 2.05. The zero-order valence-electron chi connectivity index (χ0n) is 7.60. The minimum atomic E-state index is 0.315. The van der Waals surface area contributed by atoms with E-state index in [0.29, 0.717) is 11.6 Å². The molecule has 1 aromatic carbocycles. The van der Waals surface area contributed by atoms with Crippen LogP contribution in [0.1, 0.15) is 11.1 Å². The fraction of sp³-hybridized carbons (Fsp3) is 0.333. The van der Waals surface area contributed by atoms with E-state index >= 15 is 0 Å². The summed E-state index contributed by atoms with van der Waals surface area (Å²) in [5.74, 6) is 0.773. The molecular formula is C9H12ClNO2. The normalized spacial score (nSPS) is 10.2. The molecular weight excluding hydrogens is 190 g/mol. The second kappa shape index (κ2) is 4.46. The maximum Gasteiger partial charge on any atom is 0.122 e. The van der Waals surface area contributed by atoms with Gasteiger partial charge in [-0.15, -0.1) is 0 Å². The molecule has 0 bridgehead atoms. The fourth-order valence-corrected chi connectivity index (χ4v) is 1.42. The lowest BCUT2D eigenvalue weighted by atomic mass is 10.1. The monoisotopic (exact) mass is 201 g/mol. The van der Waals surface area contributed by atoms with Crippen LogP contribution in [0, 0.1) is 6.92 Å². The van der Waals surface area contributed by atoms with Gasteiger partial charge in [-0.05, 0) is 30.2 Å². The first-order valence-electron chi connectivity index (χ1n) is 3.89. The summed E-state index contributed by atoms with van der Waals surface area (Å²) in [5, 5.41) is 9.15. The van der Waals surface area contributed by atoms with Crippen molar-refractivity contribution in [1.82, 2.24) is 5.48 Å². The van der Waals surface area contributed by atoms with E-state index in [0.717, 1.165) is 16.9 Å². The van der Waals surface area contributed by atoms with Gasteiger partial charge in [0.2, 0.25) is 0 Å². The van der Waals surface area contributed by atoms with Crippen LogP contribution in [0.4, 0.5) is 0 Å². The van der Waals surface area contributed by atoms with Gasteiger partial charge in [-0.3, -0.25) is 0 Å². The zero-order chi connectivity index (χ0) is 9.84. The Labute approximate surface area is 82.2 Å². The van der Waals surface area contributed by atoms with E-state index in [9.17, 15) is 0 Å². The number of methoxy groups -OCH3 is 1. The van der Waals surface area contributed by atoms with Crippen LogP contribution < -0.4 is 10.2 Å². The number of hydrogen-bond acceptors (Lipinski definition) is 3.